The molecule has 1 N–H and O–H groups in total. The summed E-state index contributed by atoms with van der Waals surface area (Å²) in [6.07, 6.45) is 0. The van der Waals surface area contributed by atoms with Crippen molar-refractivity contribution in [1.82, 2.24) is 14.5 Å². The quantitative estimate of drug-likeness (QED) is 0.735. The molecule has 1 aromatic heterocycles. The summed E-state index contributed by atoms with van der Waals surface area (Å²) < 4.78 is 31.2. The minimum Gasteiger partial charge on any atom is -0.379 e. The summed E-state index contributed by atoms with van der Waals surface area (Å²) in [7, 11) is -0.647. The summed E-state index contributed by atoms with van der Waals surface area (Å²) in [5, 5.41) is 5.00. The van der Waals surface area contributed by atoms with Crippen LogP contribution in [0.25, 0.3) is 0 Å². The van der Waals surface area contributed by atoms with Crippen LogP contribution in [-0.2, 0) is 14.8 Å². The van der Waals surface area contributed by atoms with Crippen LogP contribution in [0, 0.1) is 0 Å². The van der Waals surface area contributed by atoms with Gasteiger partial charge in [-0.1, -0.05) is 12.1 Å². The summed E-state index contributed by atoms with van der Waals surface area (Å²) >= 11 is 1.66. The molecule has 1 aromatic carbocycles. The van der Waals surface area contributed by atoms with Crippen molar-refractivity contribution in [3.05, 3.63) is 52.2 Å². The van der Waals surface area contributed by atoms with Gasteiger partial charge in [-0.3, -0.25) is 9.69 Å². The standard InChI is InChI=1S/C19H25N3O4S2/c1-21(2)28(24,25)16-6-3-5-15(13-16)19(23)20-14-17(18-7-4-12-27-18)22-8-10-26-11-9-22/h3-7,12-13,17H,8-11,14H2,1-2H3,(H,20,23)/t17-/m1/s1. The number of hydrogen-bond donors (Lipinski definition) is 1. The van der Waals surface area contributed by atoms with Gasteiger partial charge in [0.2, 0.25) is 10.0 Å². The second-order valence-corrected chi connectivity index (χ2v) is 9.84. The van der Waals surface area contributed by atoms with E-state index in [1.807, 2.05) is 11.4 Å². The van der Waals surface area contributed by atoms with Gasteiger partial charge in [-0.2, -0.15) is 0 Å². The summed E-state index contributed by atoms with van der Waals surface area (Å²) in [6.45, 7) is 3.44. The lowest BCUT2D eigenvalue weighted by Gasteiger charge is -2.34. The molecule has 0 spiro atoms. The number of rotatable bonds is 7. The highest BCUT2D eigenvalue weighted by atomic mass is 32.2. The van der Waals surface area contributed by atoms with E-state index in [4.69, 9.17) is 4.74 Å². The van der Waals surface area contributed by atoms with Gasteiger partial charge < -0.3 is 10.1 Å². The lowest BCUT2D eigenvalue weighted by atomic mass is 10.1. The van der Waals surface area contributed by atoms with Gasteiger partial charge in [-0.15, -0.1) is 11.3 Å². The monoisotopic (exact) mass is 423 g/mol. The zero-order chi connectivity index (χ0) is 20.1. The average Bonchev–Trinajstić information content (AvgIpc) is 3.23. The van der Waals surface area contributed by atoms with Crippen molar-refractivity contribution in [2.75, 3.05) is 46.9 Å². The normalized spacial score (nSPS) is 16.8. The van der Waals surface area contributed by atoms with Gasteiger partial charge in [-0.25, -0.2) is 12.7 Å². The molecule has 152 valence electrons. The molecule has 0 saturated carbocycles. The molecule has 2 aromatic rings. The fourth-order valence-corrected chi connectivity index (χ4v) is 4.89. The first-order valence-electron chi connectivity index (χ1n) is 9.05. The van der Waals surface area contributed by atoms with E-state index in [0.717, 1.165) is 17.4 Å². The van der Waals surface area contributed by atoms with Crippen LogP contribution in [-0.4, -0.2) is 70.5 Å². The maximum atomic E-state index is 12.7. The van der Waals surface area contributed by atoms with E-state index in [1.54, 1.807) is 23.5 Å². The molecule has 3 rings (SSSR count). The van der Waals surface area contributed by atoms with Gasteiger partial charge in [0.05, 0.1) is 24.2 Å². The molecular weight excluding hydrogens is 398 g/mol. The number of carbonyl (C=O) groups excluding carboxylic acids is 1. The van der Waals surface area contributed by atoms with Crippen LogP contribution in [0.1, 0.15) is 21.3 Å². The summed E-state index contributed by atoms with van der Waals surface area (Å²) in [5.41, 5.74) is 0.329. The van der Waals surface area contributed by atoms with Crippen LogP contribution in [0.2, 0.25) is 0 Å². The second-order valence-electron chi connectivity index (χ2n) is 6.70. The molecule has 7 nitrogen and oxygen atoms in total. The molecular formula is C19H25N3O4S2. The van der Waals surface area contributed by atoms with Crippen molar-refractivity contribution in [2.45, 2.75) is 10.9 Å². The Balaban J connectivity index is 1.73. The zero-order valence-electron chi connectivity index (χ0n) is 16.0. The van der Waals surface area contributed by atoms with Gasteiger partial charge in [0, 0.05) is 44.2 Å². The van der Waals surface area contributed by atoms with Crippen molar-refractivity contribution < 1.29 is 17.9 Å². The van der Waals surface area contributed by atoms with Gasteiger partial charge in [0.1, 0.15) is 0 Å². The number of carbonyl (C=O) groups is 1. The third-order valence-electron chi connectivity index (χ3n) is 4.69. The highest BCUT2D eigenvalue weighted by molar-refractivity contribution is 7.89. The number of ether oxygens (including phenoxy) is 1. The number of amides is 1. The maximum absolute atomic E-state index is 12.7. The Hall–Kier alpha value is -1.78. The number of sulfonamides is 1. The highest BCUT2D eigenvalue weighted by Gasteiger charge is 2.24. The first-order valence-corrected chi connectivity index (χ1v) is 11.4. The fourth-order valence-electron chi connectivity index (χ4n) is 3.08. The molecule has 0 radical (unpaired) electrons. The Labute approximate surface area is 170 Å². The number of benzene rings is 1. The van der Waals surface area contributed by atoms with E-state index in [9.17, 15) is 13.2 Å². The Morgan fingerprint density at radius 1 is 1.25 bits per heavy atom. The molecule has 9 heteroatoms. The van der Waals surface area contributed by atoms with Crippen molar-refractivity contribution >= 4 is 27.3 Å². The van der Waals surface area contributed by atoms with Gasteiger partial charge >= 0.3 is 0 Å². The maximum Gasteiger partial charge on any atom is 0.251 e. The lowest BCUT2D eigenvalue weighted by molar-refractivity contribution is 0.0169. The third-order valence-corrected chi connectivity index (χ3v) is 7.47. The minimum absolute atomic E-state index is 0.0709. The van der Waals surface area contributed by atoms with Crippen LogP contribution in [0.4, 0.5) is 0 Å². The Bertz CT molecular complexity index is 892. The predicted molar refractivity (Wildman–Crippen MR) is 109 cm³/mol. The second kappa shape index (κ2) is 9.15. The van der Waals surface area contributed by atoms with Crippen molar-refractivity contribution in [3.63, 3.8) is 0 Å². The largest absolute Gasteiger partial charge is 0.379 e. The van der Waals surface area contributed by atoms with E-state index >= 15 is 0 Å². The van der Waals surface area contributed by atoms with Gasteiger partial charge in [-0.05, 0) is 29.6 Å². The number of thiophene rings is 1. The van der Waals surface area contributed by atoms with E-state index in [0.29, 0.717) is 25.3 Å². The third kappa shape index (κ3) is 4.79. The van der Waals surface area contributed by atoms with Crippen molar-refractivity contribution in [1.29, 1.82) is 0 Å². The zero-order valence-corrected chi connectivity index (χ0v) is 17.6. The molecule has 1 aliphatic heterocycles. The number of nitrogens with one attached hydrogen (secondary N) is 1. The minimum atomic E-state index is -3.58. The van der Waals surface area contributed by atoms with Crippen LogP contribution in [0.15, 0.2) is 46.7 Å². The molecule has 1 aliphatic rings. The number of morpholine rings is 1. The van der Waals surface area contributed by atoms with E-state index < -0.39 is 10.0 Å². The topological polar surface area (TPSA) is 79.0 Å². The molecule has 0 bridgehead atoms. The number of nitrogens with zero attached hydrogens (tertiary/aromatic N) is 2. The molecule has 1 fully saturated rings. The first-order chi connectivity index (χ1) is 13.4. The van der Waals surface area contributed by atoms with E-state index in [1.165, 1.54) is 31.1 Å². The highest BCUT2D eigenvalue weighted by Crippen LogP contribution is 2.25. The molecule has 1 saturated heterocycles. The van der Waals surface area contributed by atoms with E-state index in [-0.39, 0.29) is 16.8 Å². The van der Waals surface area contributed by atoms with Gasteiger partial charge in [0.25, 0.3) is 5.91 Å². The van der Waals surface area contributed by atoms with Crippen LogP contribution < -0.4 is 5.32 Å². The Morgan fingerprint density at radius 3 is 2.64 bits per heavy atom. The van der Waals surface area contributed by atoms with Crippen molar-refractivity contribution in [3.8, 4) is 0 Å². The molecule has 2 heterocycles. The van der Waals surface area contributed by atoms with Crippen LogP contribution >= 0.6 is 11.3 Å². The summed E-state index contributed by atoms with van der Waals surface area (Å²) in [4.78, 5) is 16.3. The molecule has 0 aliphatic carbocycles. The average molecular weight is 424 g/mol. The Kier molecular flexibility index (Phi) is 6.84. The Morgan fingerprint density at radius 2 is 2.00 bits per heavy atom. The van der Waals surface area contributed by atoms with Crippen LogP contribution in [0.5, 0.6) is 0 Å². The molecule has 1 amide bonds. The fraction of sp³-hybridized carbons (Fsp3) is 0.421. The molecule has 28 heavy (non-hydrogen) atoms. The predicted octanol–water partition coefficient (Wildman–Crippen LogP) is 1.80. The molecule has 1 atom stereocenters. The number of hydrogen-bond acceptors (Lipinski definition) is 6. The van der Waals surface area contributed by atoms with Crippen LogP contribution in [0.3, 0.4) is 0 Å². The smallest absolute Gasteiger partial charge is 0.251 e. The van der Waals surface area contributed by atoms with Gasteiger partial charge in [0.15, 0.2) is 0 Å². The summed E-state index contributed by atoms with van der Waals surface area (Å²) in [5.74, 6) is -0.286. The van der Waals surface area contributed by atoms with Crippen molar-refractivity contribution in [2.24, 2.45) is 0 Å². The summed E-state index contributed by atoms with van der Waals surface area (Å²) in [6, 6.07) is 10.3. The molecule has 0 unspecified atom stereocenters. The SMILES string of the molecule is CN(C)S(=O)(=O)c1cccc(C(=O)NC[C@H](c2cccs2)N2CCOCC2)c1. The van der Waals surface area contributed by atoms with E-state index in [2.05, 4.69) is 16.3 Å². The lowest BCUT2D eigenvalue weighted by Crippen LogP contribution is -2.43. The first kappa shape index (κ1) is 20.9.